The molecule has 0 aromatic rings. The zero-order chi connectivity index (χ0) is 11.7. The van der Waals surface area contributed by atoms with Gasteiger partial charge in [0.15, 0.2) is 0 Å². The molecule has 4 heteroatoms. The number of nitrogens with one attached hydrogen (secondary N) is 1. The van der Waals surface area contributed by atoms with Crippen LogP contribution in [0.15, 0.2) is 0 Å². The number of hydrogen-bond acceptors (Lipinski definition) is 3. The SMILES string of the molecule is CCCC(CCC)NC(COC)C(N)=O. The molecule has 1 amide bonds. The third-order valence-electron chi connectivity index (χ3n) is 2.39. The quantitative estimate of drug-likeness (QED) is 0.605. The zero-order valence-corrected chi connectivity index (χ0v) is 10.1. The zero-order valence-electron chi connectivity index (χ0n) is 10.1. The molecule has 0 aliphatic rings. The molecule has 1 unspecified atom stereocenters. The molecule has 3 N–H and O–H groups in total. The summed E-state index contributed by atoms with van der Waals surface area (Å²) in [4.78, 5) is 11.1. The first-order valence-corrected chi connectivity index (χ1v) is 5.69. The van der Waals surface area contributed by atoms with E-state index in [0.717, 1.165) is 25.7 Å². The summed E-state index contributed by atoms with van der Waals surface area (Å²) in [5.41, 5.74) is 5.28. The van der Waals surface area contributed by atoms with Crippen LogP contribution in [0.2, 0.25) is 0 Å². The fraction of sp³-hybridized carbons (Fsp3) is 0.909. The van der Waals surface area contributed by atoms with Crippen LogP contribution in [0.3, 0.4) is 0 Å². The second-order valence-electron chi connectivity index (χ2n) is 3.85. The molecule has 0 aliphatic heterocycles. The van der Waals surface area contributed by atoms with Gasteiger partial charge in [-0.3, -0.25) is 4.79 Å². The number of rotatable bonds is 9. The van der Waals surface area contributed by atoms with Crippen molar-refractivity contribution in [2.45, 2.75) is 51.6 Å². The molecule has 0 bridgehead atoms. The number of methoxy groups -OCH3 is 1. The van der Waals surface area contributed by atoms with E-state index in [4.69, 9.17) is 10.5 Å². The summed E-state index contributed by atoms with van der Waals surface area (Å²) >= 11 is 0. The molecule has 0 spiro atoms. The van der Waals surface area contributed by atoms with Gasteiger partial charge < -0.3 is 15.8 Å². The van der Waals surface area contributed by atoms with Crippen LogP contribution in [0.4, 0.5) is 0 Å². The Balaban J connectivity index is 4.12. The largest absolute Gasteiger partial charge is 0.383 e. The van der Waals surface area contributed by atoms with Gasteiger partial charge in [-0.2, -0.15) is 0 Å². The van der Waals surface area contributed by atoms with Crippen molar-refractivity contribution in [3.63, 3.8) is 0 Å². The number of primary amides is 1. The topological polar surface area (TPSA) is 64.3 Å². The normalized spacial score (nSPS) is 13.1. The standard InChI is InChI=1S/C11H24N2O2/c1-4-6-9(7-5-2)13-10(8-15-3)11(12)14/h9-10,13H,4-8H2,1-3H3,(H2,12,14). The Morgan fingerprint density at radius 2 is 1.87 bits per heavy atom. The van der Waals surface area contributed by atoms with E-state index in [9.17, 15) is 4.79 Å². The number of nitrogens with two attached hydrogens (primary N) is 1. The van der Waals surface area contributed by atoms with Crippen LogP contribution in [-0.2, 0) is 9.53 Å². The molecule has 0 saturated carbocycles. The molecule has 0 rings (SSSR count). The highest BCUT2D eigenvalue weighted by molar-refractivity contribution is 5.80. The van der Waals surface area contributed by atoms with Gasteiger partial charge in [0.2, 0.25) is 5.91 Å². The molecule has 90 valence electrons. The lowest BCUT2D eigenvalue weighted by molar-refractivity contribution is -0.121. The minimum absolute atomic E-state index is 0.339. The molecule has 0 heterocycles. The van der Waals surface area contributed by atoms with Crippen molar-refractivity contribution in [1.29, 1.82) is 0 Å². The Morgan fingerprint density at radius 3 is 2.20 bits per heavy atom. The van der Waals surface area contributed by atoms with Crippen LogP contribution in [0.1, 0.15) is 39.5 Å². The van der Waals surface area contributed by atoms with Gasteiger partial charge in [0.25, 0.3) is 0 Å². The summed E-state index contributed by atoms with van der Waals surface area (Å²) < 4.78 is 4.96. The fourth-order valence-corrected chi connectivity index (χ4v) is 1.67. The lowest BCUT2D eigenvalue weighted by Gasteiger charge is -2.22. The number of amides is 1. The second kappa shape index (κ2) is 8.68. The van der Waals surface area contributed by atoms with Gasteiger partial charge in [-0.15, -0.1) is 0 Å². The van der Waals surface area contributed by atoms with E-state index in [1.54, 1.807) is 7.11 Å². The van der Waals surface area contributed by atoms with Crippen molar-refractivity contribution in [1.82, 2.24) is 5.32 Å². The predicted molar refractivity (Wildman–Crippen MR) is 61.6 cm³/mol. The van der Waals surface area contributed by atoms with Crippen molar-refractivity contribution >= 4 is 5.91 Å². The molecule has 0 aliphatic carbocycles. The minimum atomic E-state index is -0.363. The lowest BCUT2D eigenvalue weighted by Crippen LogP contribution is -2.49. The van der Waals surface area contributed by atoms with Crippen LogP contribution in [0, 0.1) is 0 Å². The Labute approximate surface area is 92.6 Å². The van der Waals surface area contributed by atoms with Crippen LogP contribution in [0.5, 0.6) is 0 Å². The molecular formula is C11H24N2O2. The van der Waals surface area contributed by atoms with E-state index in [0.29, 0.717) is 12.6 Å². The fourth-order valence-electron chi connectivity index (χ4n) is 1.67. The van der Waals surface area contributed by atoms with E-state index in [-0.39, 0.29) is 11.9 Å². The Bertz CT molecular complexity index is 168. The lowest BCUT2D eigenvalue weighted by atomic mass is 10.1. The average Bonchev–Trinajstić information content (AvgIpc) is 2.17. The monoisotopic (exact) mass is 216 g/mol. The average molecular weight is 216 g/mol. The first-order valence-electron chi connectivity index (χ1n) is 5.69. The van der Waals surface area contributed by atoms with Gasteiger partial charge in [0.05, 0.1) is 6.61 Å². The van der Waals surface area contributed by atoms with Gasteiger partial charge in [0.1, 0.15) is 6.04 Å². The number of carbonyl (C=O) groups is 1. The maximum atomic E-state index is 11.1. The molecule has 0 fully saturated rings. The number of ether oxygens (including phenoxy) is 1. The molecule has 0 aromatic carbocycles. The molecule has 0 aromatic heterocycles. The summed E-state index contributed by atoms with van der Waals surface area (Å²) in [6, 6.07) is 0.00532. The molecule has 0 saturated heterocycles. The van der Waals surface area contributed by atoms with Crippen molar-refractivity contribution in [3.05, 3.63) is 0 Å². The van der Waals surface area contributed by atoms with E-state index in [1.807, 2.05) is 0 Å². The third kappa shape index (κ3) is 6.47. The van der Waals surface area contributed by atoms with E-state index in [1.165, 1.54) is 0 Å². The summed E-state index contributed by atoms with van der Waals surface area (Å²) in [5.74, 6) is -0.339. The van der Waals surface area contributed by atoms with E-state index in [2.05, 4.69) is 19.2 Å². The van der Waals surface area contributed by atoms with Gasteiger partial charge >= 0.3 is 0 Å². The van der Waals surface area contributed by atoms with Crippen molar-refractivity contribution in [2.75, 3.05) is 13.7 Å². The van der Waals surface area contributed by atoms with Crippen molar-refractivity contribution < 1.29 is 9.53 Å². The third-order valence-corrected chi connectivity index (χ3v) is 2.39. The Kier molecular flexibility index (Phi) is 8.33. The predicted octanol–water partition coefficient (Wildman–Crippen LogP) is 1.05. The highest BCUT2D eigenvalue weighted by atomic mass is 16.5. The summed E-state index contributed by atoms with van der Waals surface area (Å²) in [6.45, 7) is 4.62. The van der Waals surface area contributed by atoms with Crippen LogP contribution in [0.25, 0.3) is 0 Å². The van der Waals surface area contributed by atoms with Crippen LogP contribution in [-0.4, -0.2) is 31.7 Å². The Morgan fingerprint density at radius 1 is 1.33 bits per heavy atom. The highest BCUT2D eigenvalue weighted by Gasteiger charge is 2.18. The van der Waals surface area contributed by atoms with Crippen molar-refractivity contribution in [2.24, 2.45) is 5.73 Å². The number of carbonyl (C=O) groups excluding carboxylic acids is 1. The molecule has 1 atom stereocenters. The van der Waals surface area contributed by atoms with Crippen LogP contribution < -0.4 is 11.1 Å². The van der Waals surface area contributed by atoms with Gasteiger partial charge in [-0.1, -0.05) is 26.7 Å². The Hall–Kier alpha value is -0.610. The van der Waals surface area contributed by atoms with Gasteiger partial charge in [-0.05, 0) is 12.8 Å². The number of hydrogen-bond donors (Lipinski definition) is 2. The van der Waals surface area contributed by atoms with Crippen LogP contribution >= 0.6 is 0 Å². The van der Waals surface area contributed by atoms with Gasteiger partial charge in [-0.25, -0.2) is 0 Å². The van der Waals surface area contributed by atoms with Gasteiger partial charge in [0, 0.05) is 13.2 Å². The molecule has 0 radical (unpaired) electrons. The maximum Gasteiger partial charge on any atom is 0.236 e. The maximum absolute atomic E-state index is 11.1. The summed E-state index contributed by atoms with van der Waals surface area (Å²) in [5, 5.41) is 3.26. The van der Waals surface area contributed by atoms with E-state index < -0.39 is 0 Å². The second-order valence-corrected chi connectivity index (χ2v) is 3.85. The summed E-state index contributed by atoms with van der Waals surface area (Å²) in [7, 11) is 1.58. The minimum Gasteiger partial charge on any atom is -0.383 e. The highest BCUT2D eigenvalue weighted by Crippen LogP contribution is 2.05. The smallest absolute Gasteiger partial charge is 0.236 e. The molecular weight excluding hydrogens is 192 g/mol. The first kappa shape index (κ1) is 14.4. The summed E-state index contributed by atoms with van der Waals surface area (Å²) in [6.07, 6.45) is 4.36. The first-order chi connectivity index (χ1) is 7.15. The van der Waals surface area contributed by atoms with E-state index >= 15 is 0 Å². The molecule has 15 heavy (non-hydrogen) atoms. The van der Waals surface area contributed by atoms with Crippen molar-refractivity contribution in [3.8, 4) is 0 Å². The molecule has 4 nitrogen and oxygen atoms in total.